The lowest BCUT2D eigenvalue weighted by Gasteiger charge is -2.13. The van der Waals surface area contributed by atoms with Gasteiger partial charge in [0.2, 0.25) is 10.0 Å². The van der Waals surface area contributed by atoms with Gasteiger partial charge in [-0.1, -0.05) is 6.07 Å². The molecule has 2 N–H and O–H groups in total. The number of hydrogen-bond donors (Lipinski definition) is 2. The van der Waals surface area contributed by atoms with Crippen LogP contribution in [0.3, 0.4) is 0 Å². The summed E-state index contributed by atoms with van der Waals surface area (Å²) >= 11 is 2.17. The zero-order valence-corrected chi connectivity index (χ0v) is 13.8. The molecule has 0 amide bonds. The molecular formula is C12H16IN3O2S. The lowest BCUT2D eigenvalue weighted by atomic mass is 10.0. The van der Waals surface area contributed by atoms with E-state index < -0.39 is 10.0 Å². The highest BCUT2D eigenvalue weighted by molar-refractivity contribution is 14.1. The van der Waals surface area contributed by atoms with Gasteiger partial charge in [0, 0.05) is 16.5 Å². The topological polar surface area (TPSA) is 70.6 Å². The third kappa shape index (κ3) is 3.82. The van der Waals surface area contributed by atoms with E-state index in [1.54, 1.807) is 6.07 Å². The summed E-state index contributed by atoms with van der Waals surface area (Å²) in [7, 11) is -3.24. The summed E-state index contributed by atoms with van der Waals surface area (Å²) in [6, 6.07) is 3.76. The van der Waals surface area contributed by atoms with Gasteiger partial charge in [-0.15, -0.1) is 0 Å². The van der Waals surface area contributed by atoms with Crippen LogP contribution in [0.2, 0.25) is 0 Å². The summed E-state index contributed by atoms with van der Waals surface area (Å²) in [5, 5.41) is 3.24. The van der Waals surface area contributed by atoms with Crippen LogP contribution < -0.4 is 10.0 Å². The Hall–Kier alpha value is -0.830. The molecule has 0 aromatic heterocycles. The van der Waals surface area contributed by atoms with Gasteiger partial charge in [-0.05, 0) is 46.7 Å². The van der Waals surface area contributed by atoms with Gasteiger partial charge < -0.3 is 5.32 Å². The van der Waals surface area contributed by atoms with Crippen LogP contribution in [0.1, 0.15) is 11.1 Å². The molecule has 0 saturated carbocycles. The van der Waals surface area contributed by atoms with Crippen molar-refractivity contribution in [2.45, 2.75) is 13.3 Å². The average molecular weight is 393 g/mol. The molecule has 1 aliphatic heterocycles. The molecule has 0 atom stereocenters. The summed E-state index contributed by atoms with van der Waals surface area (Å²) in [6.07, 6.45) is 1.92. The molecule has 19 heavy (non-hydrogen) atoms. The minimum atomic E-state index is -3.24. The minimum Gasteiger partial charge on any atom is -0.372 e. The minimum absolute atomic E-state index is 0.630. The molecule has 0 unspecified atom stereocenters. The number of aliphatic imine (C=N–C) groups is 1. The third-order valence-corrected chi connectivity index (χ3v) is 4.88. The number of nitrogens with one attached hydrogen (secondary N) is 2. The summed E-state index contributed by atoms with van der Waals surface area (Å²) in [4.78, 5) is 4.38. The van der Waals surface area contributed by atoms with Gasteiger partial charge in [-0.3, -0.25) is 9.71 Å². The number of hydrogen-bond acceptors (Lipinski definition) is 4. The summed E-state index contributed by atoms with van der Waals surface area (Å²) in [6.45, 7) is 3.73. The Kier molecular flexibility index (Phi) is 4.34. The first-order valence-electron chi connectivity index (χ1n) is 5.90. The van der Waals surface area contributed by atoms with E-state index in [2.05, 4.69) is 37.6 Å². The maximum atomic E-state index is 11.3. The number of rotatable bonds is 4. The van der Waals surface area contributed by atoms with Gasteiger partial charge in [0.25, 0.3) is 0 Å². The fourth-order valence-electron chi connectivity index (χ4n) is 1.94. The lowest BCUT2D eigenvalue weighted by Crippen LogP contribution is -2.21. The van der Waals surface area contributed by atoms with Crippen molar-refractivity contribution in [1.29, 1.82) is 0 Å². The van der Waals surface area contributed by atoms with Gasteiger partial charge in [0.1, 0.15) is 5.84 Å². The predicted octanol–water partition coefficient (Wildman–Crippen LogP) is 1.52. The van der Waals surface area contributed by atoms with Crippen molar-refractivity contribution >= 4 is 44.1 Å². The van der Waals surface area contributed by atoms with Crippen molar-refractivity contribution in [3.8, 4) is 0 Å². The van der Waals surface area contributed by atoms with Crippen LogP contribution in [0.4, 0.5) is 5.69 Å². The molecule has 1 aromatic rings. The van der Waals surface area contributed by atoms with Crippen LogP contribution in [0, 0.1) is 10.5 Å². The number of amidine groups is 1. The summed E-state index contributed by atoms with van der Waals surface area (Å²) in [5.41, 5.74) is 2.88. The van der Waals surface area contributed by atoms with Crippen molar-refractivity contribution in [1.82, 2.24) is 5.32 Å². The van der Waals surface area contributed by atoms with Crippen molar-refractivity contribution in [2.24, 2.45) is 4.99 Å². The summed E-state index contributed by atoms with van der Waals surface area (Å²) in [5.74, 6) is 1.00. The van der Waals surface area contributed by atoms with Crippen LogP contribution in [0.5, 0.6) is 0 Å². The molecule has 0 aliphatic carbocycles. The number of benzene rings is 1. The highest BCUT2D eigenvalue weighted by Gasteiger charge is 2.13. The van der Waals surface area contributed by atoms with Gasteiger partial charge in [-0.25, -0.2) is 8.42 Å². The molecule has 1 heterocycles. The molecule has 0 spiro atoms. The van der Waals surface area contributed by atoms with Gasteiger partial charge >= 0.3 is 0 Å². The second-order valence-electron chi connectivity index (χ2n) is 4.52. The van der Waals surface area contributed by atoms with E-state index in [1.807, 2.05) is 13.0 Å². The fraction of sp³-hybridized carbons (Fsp3) is 0.417. The van der Waals surface area contributed by atoms with Crippen LogP contribution in [0.15, 0.2) is 17.1 Å². The Bertz CT molecular complexity index is 626. The van der Waals surface area contributed by atoms with E-state index >= 15 is 0 Å². The van der Waals surface area contributed by atoms with E-state index in [0.717, 1.165) is 46.3 Å². The largest absolute Gasteiger partial charge is 0.372 e. The standard InChI is InChI=1S/C12H16IN3O2S/c1-8-9(7-11-14-5-6-15-11)3-4-10(12(8)13)16-19(2,17)18/h3-4,16H,5-7H2,1-2H3,(H,14,15). The maximum Gasteiger partial charge on any atom is 0.229 e. The molecule has 0 radical (unpaired) electrons. The van der Waals surface area contributed by atoms with Crippen molar-refractivity contribution in [3.05, 3.63) is 26.8 Å². The van der Waals surface area contributed by atoms with Crippen LogP contribution in [0.25, 0.3) is 0 Å². The van der Waals surface area contributed by atoms with Crippen LogP contribution in [-0.4, -0.2) is 33.6 Å². The Morgan fingerprint density at radius 3 is 2.79 bits per heavy atom. The van der Waals surface area contributed by atoms with Crippen LogP contribution in [-0.2, 0) is 16.4 Å². The molecule has 5 nitrogen and oxygen atoms in total. The van der Waals surface area contributed by atoms with E-state index in [4.69, 9.17) is 0 Å². The molecule has 104 valence electrons. The number of nitrogens with zero attached hydrogens (tertiary/aromatic N) is 1. The lowest BCUT2D eigenvalue weighted by molar-refractivity contribution is 0.607. The molecule has 0 bridgehead atoms. The smallest absolute Gasteiger partial charge is 0.229 e. The van der Waals surface area contributed by atoms with E-state index in [9.17, 15) is 8.42 Å². The molecule has 0 saturated heterocycles. The van der Waals surface area contributed by atoms with E-state index in [1.165, 1.54) is 0 Å². The Morgan fingerprint density at radius 1 is 1.47 bits per heavy atom. The maximum absolute atomic E-state index is 11.3. The van der Waals surface area contributed by atoms with Gasteiger partial charge in [0.05, 0.1) is 18.5 Å². The SMILES string of the molecule is Cc1c(CC2=NCCN2)ccc(NS(C)(=O)=O)c1I. The normalized spacial score (nSPS) is 15.0. The summed E-state index contributed by atoms with van der Waals surface area (Å²) < 4.78 is 26.0. The Labute approximate surface area is 127 Å². The quantitative estimate of drug-likeness (QED) is 0.763. The second-order valence-corrected chi connectivity index (χ2v) is 7.34. The van der Waals surface area contributed by atoms with Gasteiger partial charge in [0.15, 0.2) is 0 Å². The molecule has 0 fully saturated rings. The van der Waals surface area contributed by atoms with E-state index in [0.29, 0.717) is 5.69 Å². The molecular weight excluding hydrogens is 377 g/mol. The zero-order valence-electron chi connectivity index (χ0n) is 10.8. The predicted molar refractivity (Wildman–Crippen MR) is 86.4 cm³/mol. The highest BCUT2D eigenvalue weighted by atomic mass is 127. The average Bonchev–Trinajstić information content (AvgIpc) is 2.80. The first-order chi connectivity index (χ1) is 8.87. The fourth-order valence-corrected chi connectivity index (χ4v) is 3.35. The van der Waals surface area contributed by atoms with Crippen LogP contribution >= 0.6 is 22.6 Å². The van der Waals surface area contributed by atoms with Gasteiger partial charge in [-0.2, -0.15) is 0 Å². The van der Waals surface area contributed by atoms with Crippen molar-refractivity contribution < 1.29 is 8.42 Å². The molecule has 2 rings (SSSR count). The molecule has 7 heteroatoms. The van der Waals surface area contributed by atoms with Crippen molar-refractivity contribution in [2.75, 3.05) is 24.1 Å². The first kappa shape index (κ1) is 14.6. The second kappa shape index (κ2) is 5.66. The highest BCUT2D eigenvalue weighted by Crippen LogP contribution is 2.26. The Balaban J connectivity index is 2.26. The Morgan fingerprint density at radius 2 is 2.21 bits per heavy atom. The van der Waals surface area contributed by atoms with E-state index in [-0.39, 0.29) is 0 Å². The van der Waals surface area contributed by atoms with Crippen molar-refractivity contribution in [3.63, 3.8) is 0 Å². The zero-order chi connectivity index (χ0) is 14.0. The molecule has 1 aliphatic rings. The number of anilines is 1. The third-order valence-electron chi connectivity index (χ3n) is 2.90. The number of sulfonamides is 1. The number of halogens is 1. The first-order valence-corrected chi connectivity index (χ1v) is 8.87. The molecule has 1 aromatic carbocycles. The monoisotopic (exact) mass is 393 g/mol.